The number of esters is 1. The predicted molar refractivity (Wildman–Crippen MR) is 132 cm³/mol. The SMILES string of the molecule is CCOCCOc1cc(C)ccc1CNC(=NC)NCCCCCCC(=O)OC.I. The minimum Gasteiger partial charge on any atom is -0.491 e. The predicted octanol–water partition coefficient (Wildman–Crippen LogP) is 3.82. The Bertz CT molecular complexity index is 626. The number of nitrogens with zero attached hydrogens (tertiary/aromatic N) is 1. The Morgan fingerprint density at radius 1 is 1.10 bits per heavy atom. The number of halogens is 1. The standard InChI is InChI=1S/C22H37N3O4.HI/c1-5-28-14-15-29-20-16-18(2)11-12-19(20)17-25-22(23-3)24-13-9-7-6-8-10-21(26)27-4;/h11-12,16H,5-10,13-15,17H2,1-4H3,(H2,23,24,25);1H. The molecule has 0 aromatic heterocycles. The van der Waals surface area contributed by atoms with Gasteiger partial charge in [-0.15, -0.1) is 24.0 Å². The first kappa shape index (κ1) is 28.5. The number of aryl methyl sites for hydroxylation is 1. The average molecular weight is 535 g/mol. The van der Waals surface area contributed by atoms with Crippen molar-refractivity contribution in [2.45, 2.75) is 52.5 Å². The summed E-state index contributed by atoms with van der Waals surface area (Å²) in [5, 5.41) is 6.67. The molecule has 0 aliphatic carbocycles. The zero-order valence-corrected chi connectivity index (χ0v) is 21.1. The van der Waals surface area contributed by atoms with E-state index in [4.69, 9.17) is 9.47 Å². The molecule has 0 radical (unpaired) electrons. The van der Waals surface area contributed by atoms with Crippen molar-refractivity contribution >= 4 is 35.9 Å². The molecule has 0 aliphatic heterocycles. The van der Waals surface area contributed by atoms with Crippen LogP contribution >= 0.6 is 24.0 Å². The number of ether oxygens (including phenoxy) is 3. The lowest BCUT2D eigenvalue weighted by Crippen LogP contribution is -2.37. The number of rotatable bonds is 14. The molecule has 0 unspecified atom stereocenters. The first-order valence-corrected chi connectivity index (χ1v) is 10.4. The lowest BCUT2D eigenvalue weighted by atomic mass is 10.1. The van der Waals surface area contributed by atoms with E-state index in [1.54, 1.807) is 7.05 Å². The third kappa shape index (κ3) is 12.9. The van der Waals surface area contributed by atoms with Crippen molar-refractivity contribution in [2.75, 3.05) is 40.5 Å². The van der Waals surface area contributed by atoms with Gasteiger partial charge in [-0.3, -0.25) is 9.79 Å². The van der Waals surface area contributed by atoms with Gasteiger partial charge >= 0.3 is 5.97 Å². The fraction of sp³-hybridized carbons (Fsp3) is 0.636. The second-order valence-corrected chi connectivity index (χ2v) is 6.75. The molecule has 1 aromatic rings. The van der Waals surface area contributed by atoms with Crippen LogP contribution in [0.3, 0.4) is 0 Å². The smallest absolute Gasteiger partial charge is 0.305 e. The van der Waals surface area contributed by atoms with Crippen LogP contribution in [0.2, 0.25) is 0 Å². The molecular weight excluding hydrogens is 497 g/mol. The highest BCUT2D eigenvalue weighted by molar-refractivity contribution is 14.0. The third-order valence-corrected chi connectivity index (χ3v) is 4.41. The van der Waals surface area contributed by atoms with Crippen LogP contribution in [0, 0.1) is 6.92 Å². The summed E-state index contributed by atoms with van der Waals surface area (Å²) >= 11 is 0. The van der Waals surface area contributed by atoms with Crippen LogP contribution in [0.4, 0.5) is 0 Å². The monoisotopic (exact) mass is 535 g/mol. The van der Waals surface area contributed by atoms with Gasteiger partial charge in [0.05, 0.1) is 13.7 Å². The summed E-state index contributed by atoms with van der Waals surface area (Å²) in [4.78, 5) is 15.4. The third-order valence-electron chi connectivity index (χ3n) is 4.41. The number of benzene rings is 1. The largest absolute Gasteiger partial charge is 0.491 e. The second-order valence-electron chi connectivity index (χ2n) is 6.75. The van der Waals surface area contributed by atoms with Crippen LogP contribution < -0.4 is 15.4 Å². The fourth-order valence-corrected chi connectivity index (χ4v) is 2.75. The molecule has 0 amide bonds. The van der Waals surface area contributed by atoms with Crippen LogP contribution in [0.5, 0.6) is 5.75 Å². The normalized spacial score (nSPS) is 10.9. The van der Waals surface area contributed by atoms with Crippen molar-refractivity contribution in [3.8, 4) is 5.75 Å². The maximum atomic E-state index is 11.1. The molecule has 8 heteroatoms. The molecule has 1 rings (SSSR count). The minimum atomic E-state index is -0.134. The number of nitrogens with one attached hydrogen (secondary N) is 2. The zero-order chi connectivity index (χ0) is 21.3. The van der Waals surface area contributed by atoms with Gasteiger partial charge in [0.25, 0.3) is 0 Å². The second kappa shape index (κ2) is 18.2. The number of guanidine groups is 1. The lowest BCUT2D eigenvalue weighted by Gasteiger charge is -2.15. The van der Waals surface area contributed by atoms with Gasteiger partial charge < -0.3 is 24.8 Å². The van der Waals surface area contributed by atoms with Gasteiger partial charge in [0, 0.05) is 38.7 Å². The molecule has 0 saturated carbocycles. The van der Waals surface area contributed by atoms with Crippen LogP contribution in [-0.2, 0) is 20.8 Å². The molecule has 0 bridgehead atoms. The molecule has 0 atom stereocenters. The number of carbonyl (C=O) groups is 1. The summed E-state index contributed by atoms with van der Waals surface area (Å²) < 4.78 is 15.9. The molecule has 0 fully saturated rings. The van der Waals surface area contributed by atoms with Gasteiger partial charge in [-0.05, 0) is 38.3 Å². The molecule has 0 saturated heterocycles. The van der Waals surface area contributed by atoms with Crippen LogP contribution in [0.15, 0.2) is 23.2 Å². The summed E-state index contributed by atoms with van der Waals surface area (Å²) in [5.41, 5.74) is 2.24. The van der Waals surface area contributed by atoms with E-state index >= 15 is 0 Å². The van der Waals surface area contributed by atoms with E-state index in [9.17, 15) is 4.79 Å². The van der Waals surface area contributed by atoms with Gasteiger partial charge in [0.15, 0.2) is 5.96 Å². The fourth-order valence-electron chi connectivity index (χ4n) is 2.75. The summed E-state index contributed by atoms with van der Waals surface area (Å²) in [6.45, 7) is 7.31. The number of aliphatic imine (C=N–C) groups is 1. The van der Waals surface area contributed by atoms with E-state index in [1.165, 1.54) is 7.11 Å². The van der Waals surface area contributed by atoms with E-state index in [-0.39, 0.29) is 29.9 Å². The Hall–Kier alpha value is -1.55. The lowest BCUT2D eigenvalue weighted by molar-refractivity contribution is -0.140. The van der Waals surface area contributed by atoms with Crippen molar-refractivity contribution in [1.82, 2.24) is 10.6 Å². The Balaban J connectivity index is 0.00000841. The number of hydrogen-bond donors (Lipinski definition) is 2. The first-order valence-electron chi connectivity index (χ1n) is 10.4. The van der Waals surface area contributed by atoms with E-state index < -0.39 is 0 Å². The van der Waals surface area contributed by atoms with Gasteiger partial charge in [-0.25, -0.2) is 0 Å². The van der Waals surface area contributed by atoms with Crippen LogP contribution in [-0.4, -0.2) is 52.5 Å². The van der Waals surface area contributed by atoms with Crippen molar-refractivity contribution in [3.63, 3.8) is 0 Å². The van der Waals surface area contributed by atoms with Crippen molar-refractivity contribution < 1.29 is 19.0 Å². The van der Waals surface area contributed by atoms with Crippen molar-refractivity contribution in [1.29, 1.82) is 0 Å². The Labute approximate surface area is 198 Å². The van der Waals surface area contributed by atoms with Gasteiger partial charge in [-0.2, -0.15) is 0 Å². The molecule has 2 N–H and O–H groups in total. The Morgan fingerprint density at radius 3 is 2.57 bits per heavy atom. The maximum absolute atomic E-state index is 11.1. The minimum absolute atomic E-state index is 0. The van der Waals surface area contributed by atoms with E-state index in [0.717, 1.165) is 55.1 Å². The quantitative estimate of drug-likeness (QED) is 0.124. The number of hydrogen-bond acceptors (Lipinski definition) is 5. The van der Waals surface area contributed by atoms with E-state index in [1.807, 2.05) is 13.0 Å². The molecule has 7 nitrogen and oxygen atoms in total. The van der Waals surface area contributed by atoms with Gasteiger partial charge in [0.2, 0.25) is 0 Å². The zero-order valence-electron chi connectivity index (χ0n) is 18.8. The average Bonchev–Trinajstić information content (AvgIpc) is 2.73. The van der Waals surface area contributed by atoms with Crippen molar-refractivity contribution in [3.05, 3.63) is 29.3 Å². The van der Waals surface area contributed by atoms with Crippen molar-refractivity contribution in [2.24, 2.45) is 4.99 Å². The molecule has 0 aliphatic rings. The summed E-state index contributed by atoms with van der Waals surface area (Å²) in [6, 6.07) is 6.21. The molecular formula is C22H38IN3O4. The summed E-state index contributed by atoms with van der Waals surface area (Å²) in [5.74, 6) is 1.50. The van der Waals surface area contributed by atoms with E-state index in [2.05, 4.69) is 39.4 Å². The van der Waals surface area contributed by atoms with Crippen LogP contribution in [0.25, 0.3) is 0 Å². The van der Waals surface area contributed by atoms with Gasteiger partial charge in [0.1, 0.15) is 12.4 Å². The summed E-state index contributed by atoms with van der Waals surface area (Å²) in [7, 11) is 3.19. The number of methoxy groups -OCH3 is 1. The highest BCUT2D eigenvalue weighted by Gasteiger charge is 2.06. The first-order chi connectivity index (χ1) is 14.1. The number of carbonyl (C=O) groups excluding carboxylic acids is 1. The maximum Gasteiger partial charge on any atom is 0.305 e. The highest BCUT2D eigenvalue weighted by Crippen LogP contribution is 2.20. The molecule has 1 aromatic carbocycles. The van der Waals surface area contributed by atoms with Crippen LogP contribution in [0.1, 0.15) is 50.2 Å². The topological polar surface area (TPSA) is 81.2 Å². The molecule has 172 valence electrons. The number of unbranched alkanes of at least 4 members (excludes halogenated alkanes) is 3. The molecule has 0 spiro atoms. The Morgan fingerprint density at radius 2 is 1.87 bits per heavy atom. The highest BCUT2D eigenvalue weighted by atomic mass is 127. The van der Waals surface area contributed by atoms with Gasteiger partial charge in [-0.1, -0.05) is 25.0 Å². The molecule has 0 heterocycles. The van der Waals surface area contributed by atoms with E-state index in [0.29, 0.717) is 32.8 Å². The molecule has 30 heavy (non-hydrogen) atoms. The summed E-state index contributed by atoms with van der Waals surface area (Å²) in [6.07, 6.45) is 4.49. The Kier molecular flexibility index (Phi) is 17.3.